The van der Waals surface area contributed by atoms with E-state index in [1.165, 1.54) is 6.08 Å². The van der Waals surface area contributed by atoms with Gasteiger partial charge < -0.3 is 15.3 Å². The lowest BCUT2D eigenvalue weighted by Gasteiger charge is -2.16. The number of aliphatic hydroxyl groups excluding tert-OH is 2. The number of carboxylic acid groups (broad SMARTS) is 1. The van der Waals surface area contributed by atoms with Crippen molar-refractivity contribution in [1.29, 1.82) is 0 Å². The van der Waals surface area contributed by atoms with Crippen LogP contribution in [0.1, 0.15) is 51.9 Å². The smallest absolute Gasteiger partial charge is 0.303 e. The van der Waals surface area contributed by atoms with Gasteiger partial charge in [0.15, 0.2) is 0 Å². The van der Waals surface area contributed by atoms with Gasteiger partial charge in [-0.15, -0.1) is 0 Å². The van der Waals surface area contributed by atoms with Crippen LogP contribution in [0.5, 0.6) is 0 Å². The monoisotopic (exact) mass is 376 g/mol. The number of aliphatic carboxylic acids is 1. The van der Waals surface area contributed by atoms with Gasteiger partial charge in [0, 0.05) is 24.7 Å². The largest absolute Gasteiger partial charge is 0.481 e. The van der Waals surface area contributed by atoms with Crippen molar-refractivity contribution >= 4 is 11.8 Å². The van der Waals surface area contributed by atoms with Crippen LogP contribution in [-0.4, -0.2) is 39.3 Å². The summed E-state index contributed by atoms with van der Waals surface area (Å²) >= 11 is 0. The highest BCUT2D eigenvalue weighted by Gasteiger charge is 2.39. The average molecular weight is 376 g/mol. The zero-order valence-corrected chi connectivity index (χ0v) is 16.0. The molecule has 3 N–H and O–H groups in total. The first kappa shape index (κ1) is 23.1. The highest BCUT2D eigenvalue weighted by Crippen LogP contribution is 2.33. The van der Waals surface area contributed by atoms with Crippen LogP contribution in [0, 0.1) is 11.8 Å². The standard InChI is InChI=1S/C22H32O5/c1-2-3-4-5-6-7-8-9-10-11-18-19(21(25)16-20(18)24)14-12-17(23)13-15-22(26)27/h3-4,6-7,9-10,12,14,17-19,21,23,25H,2,5,8,11,13,15-16H2,1H3,(H,26,27)/b4-3-,7-6-,10-9-,14-12+/t17-,18+,19+,21+/m0/s1. The van der Waals surface area contributed by atoms with E-state index < -0.39 is 18.2 Å². The van der Waals surface area contributed by atoms with Crippen molar-refractivity contribution in [2.24, 2.45) is 11.8 Å². The van der Waals surface area contributed by atoms with E-state index in [0.29, 0.717) is 6.42 Å². The molecule has 4 atom stereocenters. The molecule has 0 amide bonds. The minimum Gasteiger partial charge on any atom is -0.481 e. The normalized spacial score (nSPS) is 24.9. The van der Waals surface area contributed by atoms with Crippen LogP contribution in [-0.2, 0) is 9.59 Å². The summed E-state index contributed by atoms with van der Waals surface area (Å²) in [5.74, 6) is -1.56. The fraction of sp³-hybridized carbons (Fsp3) is 0.545. The van der Waals surface area contributed by atoms with Crippen LogP contribution in [0.25, 0.3) is 0 Å². The summed E-state index contributed by atoms with van der Waals surface area (Å²) in [5, 5.41) is 28.6. The molecule has 0 radical (unpaired) electrons. The minimum atomic E-state index is -0.961. The maximum absolute atomic E-state index is 12.1. The molecule has 0 bridgehead atoms. The van der Waals surface area contributed by atoms with E-state index >= 15 is 0 Å². The molecule has 1 saturated carbocycles. The predicted molar refractivity (Wildman–Crippen MR) is 106 cm³/mol. The van der Waals surface area contributed by atoms with Gasteiger partial charge in [0.25, 0.3) is 0 Å². The Morgan fingerprint density at radius 2 is 1.78 bits per heavy atom. The SMILES string of the molecule is CC/C=C\C/C=C\C/C=C\C[C@H]1C(=O)C[C@@H](O)[C@@H]1/C=C/[C@H](O)CCC(=O)O. The van der Waals surface area contributed by atoms with Crippen LogP contribution in [0.3, 0.4) is 0 Å². The third-order valence-corrected chi connectivity index (χ3v) is 4.61. The molecule has 0 saturated heterocycles. The molecule has 0 heterocycles. The van der Waals surface area contributed by atoms with Crippen molar-refractivity contribution in [3.8, 4) is 0 Å². The fourth-order valence-electron chi connectivity index (χ4n) is 3.10. The minimum absolute atomic E-state index is 0.0297. The molecule has 27 heavy (non-hydrogen) atoms. The lowest BCUT2D eigenvalue weighted by atomic mass is 9.90. The van der Waals surface area contributed by atoms with E-state index in [2.05, 4.69) is 31.2 Å². The van der Waals surface area contributed by atoms with Gasteiger partial charge in [-0.1, -0.05) is 55.5 Å². The number of carbonyl (C=O) groups is 2. The molecule has 1 rings (SSSR count). The first-order chi connectivity index (χ1) is 13.0. The molecule has 1 fully saturated rings. The summed E-state index contributed by atoms with van der Waals surface area (Å²) in [5.41, 5.74) is 0. The van der Waals surface area contributed by atoms with Gasteiger partial charge in [-0.25, -0.2) is 0 Å². The number of aliphatic hydroxyl groups is 2. The summed E-state index contributed by atoms with van der Waals surface area (Å²) in [6.07, 6.45) is 17.4. The van der Waals surface area contributed by atoms with Crippen LogP contribution in [0.4, 0.5) is 0 Å². The number of Topliss-reactive ketones (excluding diaryl/α,β-unsaturated/α-hetero) is 1. The van der Waals surface area contributed by atoms with E-state index in [-0.39, 0.29) is 36.9 Å². The van der Waals surface area contributed by atoms with E-state index in [4.69, 9.17) is 5.11 Å². The van der Waals surface area contributed by atoms with Gasteiger partial charge in [-0.05, 0) is 32.1 Å². The molecule has 0 unspecified atom stereocenters. The van der Waals surface area contributed by atoms with Gasteiger partial charge >= 0.3 is 5.97 Å². The molecule has 0 aromatic carbocycles. The molecular formula is C22H32O5. The third-order valence-electron chi connectivity index (χ3n) is 4.61. The molecular weight excluding hydrogens is 344 g/mol. The molecule has 5 heteroatoms. The van der Waals surface area contributed by atoms with Crippen molar-refractivity contribution in [2.75, 3.05) is 0 Å². The summed E-state index contributed by atoms with van der Waals surface area (Å²) < 4.78 is 0. The summed E-state index contributed by atoms with van der Waals surface area (Å²) in [4.78, 5) is 22.7. The second-order valence-corrected chi connectivity index (χ2v) is 6.84. The lowest BCUT2D eigenvalue weighted by Crippen LogP contribution is -2.19. The molecule has 5 nitrogen and oxygen atoms in total. The van der Waals surface area contributed by atoms with Gasteiger partial charge in [0.2, 0.25) is 0 Å². The number of hydrogen-bond donors (Lipinski definition) is 3. The highest BCUT2D eigenvalue weighted by atomic mass is 16.4. The zero-order valence-electron chi connectivity index (χ0n) is 16.0. The van der Waals surface area contributed by atoms with Gasteiger partial charge in [0.1, 0.15) is 5.78 Å². The molecule has 0 aromatic rings. The van der Waals surface area contributed by atoms with Crippen molar-refractivity contribution in [2.45, 2.75) is 64.1 Å². The zero-order chi connectivity index (χ0) is 20.1. The predicted octanol–water partition coefficient (Wildman–Crippen LogP) is 3.58. The van der Waals surface area contributed by atoms with E-state index in [9.17, 15) is 19.8 Å². The fourth-order valence-corrected chi connectivity index (χ4v) is 3.10. The van der Waals surface area contributed by atoms with Gasteiger partial charge in [-0.3, -0.25) is 9.59 Å². The maximum Gasteiger partial charge on any atom is 0.303 e. The Morgan fingerprint density at radius 1 is 1.15 bits per heavy atom. The molecule has 1 aliphatic carbocycles. The number of rotatable bonds is 12. The highest BCUT2D eigenvalue weighted by molar-refractivity contribution is 5.84. The van der Waals surface area contributed by atoms with Crippen LogP contribution < -0.4 is 0 Å². The second kappa shape index (κ2) is 13.2. The summed E-state index contributed by atoms with van der Waals surface area (Å²) in [6, 6.07) is 0. The maximum atomic E-state index is 12.1. The van der Waals surface area contributed by atoms with Crippen LogP contribution >= 0.6 is 0 Å². The van der Waals surface area contributed by atoms with Gasteiger partial charge in [-0.2, -0.15) is 0 Å². The van der Waals surface area contributed by atoms with Crippen molar-refractivity contribution in [3.05, 3.63) is 48.6 Å². The molecule has 0 spiro atoms. The Kier molecular flexibility index (Phi) is 11.3. The Labute approximate surface area is 161 Å². The van der Waals surface area contributed by atoms with E-state index in [0.717, 1.165) is 19.3 Å². The van der Waals surface area contributed by atoms with Crippen LogP contribution in [0.15, 0.2) is 48.6 Å². The summed E-state index contributed by atoms with van der Waals surface area (Å²) in [6.45, 7) is 2.10. The number of ketones is 1. The molecule has 150 valence electrons. The molecule has 0 aliphatic heterocycles. The first-order valence-corrected chi connectivity index (χ1v) is 9.69. The Balaban J connectivity index is 2.48. The van der Waals surface area contributed by atoms with E-state index in [1.54, 1.807) is 6.08 Å². The average Bonchev–Trinajstić information content (AvgIpc) is 2.89. The number of carboxylic acids is 1. The van der Waals surface area contributed by atoms with Crippen molar-refractivity contribution in [1.82, 2.24) is 0 Å². The third kappa shape index (κ3) is 9.50. The Morgan fingerprint density at radius 3 is 2.41 bits per heavy atom. The van der Waals surface area contributed by atoms with Crippen LogP contribution in [0.2, 0.25) is 0 Å². The Bertz CT molecular complexity index is 573. The van der Waals surface area contributed by atoms with E-state index in [1.807, 2.05) is 12.2 Å². The molecule has 1 aliphatic rings. The quantitative estimate of drug-likeness (QED) is 0.453. The lowest BCUT2D eigenvalue weighted by molar-refractivity contribution is -0.137. The number of hydrogen-bond acceptors (Lipinski definition) is 4. The van der Waals surface area contributed by atoms with Crippen molar-refractivity contribution in [3.63, 3.8) is 0 Å². The topological polar surface area (TPSA) is 94.8 Å². The summed E-state index contributed by atoms with van der Waals surface area (Å²) in [7, 11) is 0. The Hall–Kier alpha value is -1.98. The van der Waals surface area contributed by atoms with Gasteiger partial charge in [0.05, 0.1) is 12.2 Å². The van der Waals surface area contributed by atoms with Crippen molar-refractivity contribution < 1.29 is 24.9 Å². The number of carbonyl (C=O) groups excluding carboxylic acids is 1. The molecule has 0 aromatic heterocycles. The first-order valence-electron chi connectivity index (χ1n) is 9.69. The second-order valence-electron chi connectivity index (χ2n) is 6.84. The number of allylic oxidation sites excluding steroid dienone is 6.